The lowest BCUT2D eigenvalue weighted by Crippen LogP contribution is -2.26. The highest BCUT2D eigenvalue weighted by atomic mass is 19.1. The summed E-state index contributed by atoms with van der Waals surface area (Å²) in [6.07, 6.45) is 1.41. The summed E-state index contributed by atoms with van der Waals surface area (Å²) >= 11 is 0. The van der Waals surface area contributed by atoms with Gasteiger partial charge in [-0.05, 0) is 30.3 Å². The van der Waals surface area contributed by atoms with Gasteiger partial charge in [-0.15, -0.1) is 0 Å². The molecule has 0 atom stereocenters. The second-order valence-corrected chi connectivity index (χ2v) is 6.51. The van der Waals surface area contributed by atoms with Gasteiger partial charge in [0, 0.05) is 28.9 Å². The van der Waals surface area contributed by atoms with Crippen molar-refractivity contribution < 1.29 is 23.1 Å². The van der Waals surface area contributed by atoms with Gasteiger partial charge in [0.25, 0.3) is 5.91 Å². The lowest BCUT2D eigenvalue weighted by molar-refractivity contribution is -0.145. The van der Waals surface area contributed by atoms with E-state index in [1.54, 1.807) is 24.3 Å². The molecule has 1 aliphatic heterocycles. The predicted octanol–water partition coefficient (Wildman–Crippen LogP) is 4.04. The summed E-state index contributed by atoms with van der Waals surface area (Å²) in [5.41, 5.74) is 3.00. The van der Waals surface area contributed by atoms with Crippen molar-refractivity contribution in [3.05, 3.63) is 84.0 Å². The van der Waals surface area contributed by atoms with Gasteiger partial charge in [-0.1, -0.05) is 24.8 Å². The summed E-state index contributed by atoms with van der Waals surface area (Å²) in [7, 11) is 0. The van der Waals surface area contributed by atoms with E-state index in [4.69, 9.17) is 9.15 Å². The number of ether oxygens (including phenoxy) is 1. The SMILES string of the molecule is C=C1c2ccccc2C(=O)N1CCC(=O)OCc1coc(-c2ccc(F)cc2)n1. The van der Waals surface area contributed by atoms with Crippen molar-refractivity contribution in [3.8, 4) is 11.5 Å². The van der Waals surface area contributed by atoms with E-state index in [9.17, 15) is 14.0 Å². The molecular weight excluding hydrogens is 375 g/mol. The van der Waals surface area contributed by atoms with E-state index in [-0.39, 0.29) is 31.3 Å². The number of oxazole rings is 1. The third-order valence-corrected chi connectivity index (χ3v) is 4.60. The molecule has 0 N–H and O–H groups in total. The van der Waals surface area contributed by atoms with Gasteiger partial charge in [-0.25, -0.2) is 9.37 Å². The van der Waals surface area contributed by atoms with E-state index in [0.29, 0.717) is 28.4 Å². The summed E-state index contributed by atoms with van der Waals surface area (Å²) in [5.74, 6) is -0.670. The minimum atomic E-state index is -0.465. The average molecular weight is 392 g/mol. The molecule has 0 radical (unpaired) electrons. The Balaban J connectivity index is 1.30. The van der Waals surface area contributed by atoms with Crippen molar-refractivity contribution in [1.82, 2.24) is 9.88 Å². The maximum absolute atomic E-state index is 13.0. The molecule has 4 rings (SSSR count). The van der Waals surface area contributed by atoms with Crippen molar-refractivity contribution in [2.45, 2.75) is 13.0 Å². The van der Waals surface area contributed by atoms with Crippen LogP contribution in [0.4, 0.5) is 4.39 Å². The predicted molar refractivity (Wildman–Crippen MR) is 103 cm³/mol. The first-order valence-corrected chi connectivity index (χ1v) is 8.99. The van der Waals surface area contributed by atoms with E-state index in [2.05, 4.69) is 11.6 Å². The fourth-order valence-electron chi connectivity index (χ4n) is 3.10. The van der Waals surface area contributed by atoms with Crippen LogP contribution in [0.25, 0.3) is 17.2 Å². The van der Waals surface area contributed by atoms with Crippen LogP contribution in [0, 0.1) is 5.82 Å². The van der Waals surface area contributed by atoms with Crippen LogP contribution in [-0.4, -0.2) is 28.3 Å². The molecule has 6 nitrogen and oxygen atoms in total. The summed E-state index contributed by atoms with van der Waals surface area (Å²) in [5, 5.41) is 0. The van der Waals surface area contributed by atoms with Crippen molar-refractivity contribution >= 4 is 17.6 Å². The number of aromatic nitrogens is 1. The number of nitrogens with zero attached hydrogens (tertiary/aromatic N) is 2. The number of rotatable bonds is 6. The minimum Gasteiger partial charge on any atom is -0.459 e. The van der Waals surface area contributed by atoms with E-state index < -0.39 is 5.97 Å². The van der Waals surface area contributed by atoms with Gasteiger partial charge in [0.1, 0.15) is 24.4 Å². The maximum Gasteiger partial charge on any atom is 0.307 e. The zero-order valence-corrected chi connectivity index (χ0v) is 15.4. The minimum absolute atomic E-state index is 0.0292. The molecule has 3 aromatic rings. The van der Waals surface area contributed by atoms with Gasteiger partial charge in [0.2, 0.25) is 5.89 Å². The quantitative estimate of drug-likeness (QED) is 0.592. The number of hydrogen-bond donors (Lipinski definition) is 0. The summed E-state index contributed by atoms with van der Waals surface area (Å²) < 4.78 is 23.5. The number of carbonyl (C=O) groups excluding carboxylic acids is 2. The molecule has 1 amide bonds. The number of fused-ring (bicyclic) bond motifs is 1. The molecule has 0 fully saturated rings. The fraction of sp³-hybridized carbons (Fsp3) is 0.136. The maximum atomic E-state index is 13.0. The highest BCUT2D eigenvalue weighted by molar-refractivity contribution is 6.08. The van der Waals surface area contributed by atoms with Crippen LogP contribution in [0.1, 0.15) is 28.0 Å². The first-order valence-electron chi connectivity index (χ1n) is 8.99. The fourth-order valence-corrected chi connectivity index (χ4v) is 3.10. The Bertz CT molecular complexity index is 1050. The lowest BCUT2D eigenvalue weighted by Gasteiger charge is -2.16. The number of hydrogen-bond acceptors (Lipinski definition) is 5. The van der Waals surface area contributed by atoms with E-state index in [0.717, 1.165) is 5.56 Å². The van der Waals surface area contributed by atoms with E-state index in [1.165, 1.54) is 23.3 Å². The highest BCUT2D eigenvalue weighted by Crippen LogP contribution is 2.31. The Labute approximate surface area is 166 Å². The van der Waals surface area contributed by atoms with Crippen LogP contribution < -0.4 is 0 Å². The Morgan fingerprint density at radius 3 is 2.59 bits per heavy atom. The number of halogens is 1. The monoisotopic (exact) mass is 392 g/mol. The number of amides is 1. The normalized spacial score (nSPS) is 12.9. The first kappa shape index (κ1) is 18.6. The van der Waals surface area contributed by atoms with Crippen LogP contribution in [-0.2, 0) is 16.1 Å². The smallest absolute Gasteiger partial charge is 0.307 e. The Hall–Kier alpha value is -3.74. The van der Waals surface area contributed by atoms with Gasteiger partial charge in [-0.2, -0.15) is 0 Å². The van der Waals surface area contributed by atoms with Gasteiger partial charge >= 0.3 is 5.97 Å². The van der Waals surface area contributed by atoms with Crippen LogP contribution in [0.5, 0.6) is 0 Å². The number of benzene rings is 2. The zero-order chi connectivity index (χ0) is 20.4. The van der Waals surface area contributed by atoms with Crippen molar-refractivity contribution in [1.29, 1.82) is 0 Å². The molecule has 0 saturated heterocycles. The Morgan fingerprint density at radius 2 is 1.86 bits per heavy atom. The third-order valence-electron chi connectivity index (χ3n) is 4.60. The van der Waals surface area contributed by atoms with Crippen molar-refractivity contribution in [2.75, 3.05) is 6.54 Å². The molecule has 1 aromatic heterocycles. The Kier molecular flexibility index (Phi) is 4.95. The van der Waals surface area contributed by atoms with Gasteiger partial charge < -0.3 is 14.1 Å². The van der Waals surface area contributed by atoms with Crippen LogP contribution in [0.15, 0.2) is 65.8 Å². The first-order chi connectivity index (χ1) is 14.0. The van der Waals surface area contributed by atoms with E-state index in [1.807, 2.05) is 12.1 Å². The summed E-state index contributed by atoms with van der Waals surface area (Å²) in [6, 6.07) is 12.9. The molecule has 0 saturated carbocycles. The molecule has 0 bridgehead atoms. The van der Waals surface area contributed by atoms with Crippen LogP contribution >= 0.6 is 0 Å². The van der Waals surface area contributed by atoms with Crippen LogP contribution in [0.2, 0.25) is 0 Å². The number of carbonyl (C=O) groups is 2. The summed E-state index contributed by atoms with van der Waals surface area (Å²) in [6.45, 7) is 4.07. The topological polar surface area (TPSA) is 72.6 Å². The molecule has 0 unspecified atom stereocenters. The molecule has 2 aromatic carbocycles. The molecule has 7 heteroatoms. The van der Waals surface area contributed by atoms with Gasteiger partial charge in [0.05, 0.1) is 6.42 Å². The van der Waals surface area contributed by atoms with Crippen molar-refractivity contribution in [3.63, 3.8) is 0 Å². The largest absolute Gasteiger partial charge is 0.459 e. The summed E-state index contributed by atoms with van der Waals surface area (Å²) in [4.78, 5) is 30.2. The molecular formula is C22H17FN2O4. The molecule has 146 valence electrons. The Morgan fingerprint density at radius 1 is 1.14 bits per heavy atom. The van der Waals surface area contributed by atoms with Gasteiger partial charge in [0.15, 0.2) is 0 Å². The number of esters is 1. The third kappa shape index (κ3) is 3.80. The molecule has 0 aliphatic carbocycles. The molecule has 2 heterocycles. The molecule has 0 spiro atoms. The van der Waals surface area contributed by atoms with Crippen molar-refractivity contribution in [2.24, 2.45) is 0 Å². The highest BCUT2D eigenvalue weighted by Gasteiger charge is 2.30. The molecule has 29 heavy (non-hydrogen) atoms. The van der Waals surface area contributed by atoms with E-state index >= 15 is 0 Å². The zero-order valence-electron chi connectivity index (χ0n) is 15.4. The average Bonchev–Trinajstić information content (AvgIpc) is 3.30. The standard InChI is InChI=1S/C22H17FN2O4/c1-14-18-4-2-3-5-19(18)22(27)25(14)11-10-20(26)28-12-17-13-29-21(24-17)15-6-8-16(23)9-7-15/h2-9,13H,1,10-12H2. The lowest BCUT2D eigenvalue weighted by atomic mass is 10.1. The molecule has 1 aliphatic rings. The second-order valence-electron chi connectivity index (χ2n) is 6.51. The van der Waals surface area contributed by atoms with Crippen LogP contribution in [0.3, 0.4) is 0 Å². The van der Waals surface area contributed by atoms with Gasteiger partial charge in [-0.3, -0.25) is 9.59 Å². The second kappa shape index (κ2) is 7.71.